The predicted molar refractivity (Wildman–Crippen MR) is 67.1 cm³/mol. The van der Waals surface area contributed by atoms with Crippen molar-refractivity contribution in [2.75, 3.05) is 6.54 Å². The van der Waals surface area contributed by atoms with Gasteiger partial charge in [0.1, 0.15) is 0 Å². The Bertz CT molecular complexity index is 384. The SMILES string of the molecule is CCN1C2=C(CC(=CO)C(=CO)C2)SC1C. The predicted octanol–water partition coefficient (Wildman–Crippen LogP) is 3.29. The molecule has 2 N–H and O–H groups in total. The van der Waals surface area contributed by atoms with Crippen molar-refractivity contribution in [3.05, 3.63) is 34.3 Å². The monoisotopic (exact) mass is 239 g/mol. The van der Waals surface area contributed by atoms with E-state index in [0.29, 0.717) is 5.37 Å². The van der Waals surface area contributed by atoms with E-state index < -0.39 is 0 Å². The second-order valence-corrected chi connectivity index (χ2v) is 5.45. The zero-order valence-corrected chi connectivity index (χ0v) is 10.4. The number of nitrogens with zero attached hydrogens (tertiary/aromatic N) is 1. The second-order valence-electron chi connectivity index (χ2n) is 4.04. The molecule has 16 heavy (non-hydrogen) atoms. The van der Waals surface area contributed by atoms with Gasteiger partial charge in [0.15, 0.2) is 0 Å². The Morgan fingerprint density at radius 2 is 1.94 bits per heavy atom. The highest BCUT2D eigenvalue weighted by molar-refractivity contribution is 8.03. The Morgan fingerprint density at radius 1 is 1.31 bits per heavy atom. The number of rotatable bonds is 1. The Kier molecular flexibility index (Phi) is 3.19. The van der Waals surface area contributed by atoms with E-state index in [0.717, 1.165) is 43.1 Å². The summed E-state index contributed by atoms with van der Waals surface area (Å²) in [6.07, 6.45) is 3.70. The normalized spacial score (nSPS) is 30.4. The molecule has 2 aliphatic rings. The van der Waals surface area contributed by atoms with Gasteiger partial charge in [-0.25, -0.2) is 0 Å². The number of aliphatic hydroxyl groups is 2. The minimum atomic E-state index is 0.466. The number of allylic oxidation sites excluding steroid dienone is 3. The van der Waals surface area contributed by atoms with E-state index in [1.807, 2.05) is 11.8 Å². The summed E-state index contributed by atoms with van der Waals surface area (Å²) in [5.41, 5.74) is 2.97. The molecule has 4 heteroatoms. The number of thioether (sulfide) groups is 1. The molecule has 0 aromatic rings. The fraction of sp³-hybridized carbons (Fsp3) is 0.500. The molecule has 1 unspecified atom stereocenters. The maximum absolute atomic E-state index is 9.18. The summed E-state index contributed by atoms with van der Waals surface area (Å²) < 4.78 is 0. The van der Waals surface area contributed by atoms with Gasteiger partial charge >= 0.3 is 0 Å². The molecule has 1 aliphatic heterocycles. The summed E-state index contributed by atoms with van der Waals surface area (Å²) in [6.45, 7) is 5.33. The third-order valence-electron chi connectivity index (χ3n) is 3.19. The lowest BCUT2D eigenvalue weighted by atomic mass is 9.93. The average molecular weight is 239 g/mol. The molecule has 0 fully saturated rings. The zero-order chi connectivity index (χ0) is 11.7. The molecule has 3 nitrogen and oxygen atoms in total. The third kappa shape index (κ3) is 1.71. The van der Waals surface area contributed by atoms with Gasteiger partial charge in [-0.3, -0.25) is 0 Å². The van der Waals surface area contributed by atoms with Crippen LogP contribution in [-0.2, 0) is 0 Å². The van der Waals surface area contributed by atoms with E-state index in [9.17, 15) is 5.11 Å². The summed E-state index contributed by atoms with van der Waals surface area (Å²) in [7, 11) is 0. The zero-order valence-electron chi connectivity index (χ0n) is 9.60. The summed E-state index contributed by atoms with van der Waals surface area (Å²) >= 11 is 1.86. The van der Waals surface area contributed by atoms with Crippen molar-refractivity contribution >= 4 is 11.8 Å². The molecule has 0 saturated heterocycles. The third-order valence-corrected chi connectivity index (χ3v) is 4.45. The first-order valence-corrected chi connectivity index (χ1v) is 6.41. The van der Waals surface area contributed by atoms with Crippen molar-refractivity contribution in [2.45, 2.75) is 32.1 Å². The Morgan fingerprint density at radius 3 is 2.50 bits per heavy atom. The molecule has 0 aromatic carbocycles. The van der Waals surface area contributed by atoms with Gasteiger partial charge in [-0.2, -0.15) is 0 Å². The number of aliphatic hydroxyl groups excluding tert-OH is 2. The molecule has 2 rings (SSSR count). The molecular formula is C12H17NO2S. The standard InChI is InChI=1S/C12H17NO2S/c1-3-13-8(2)16-12-5-10(7-15)9(6-14)4-11(12)13/h6-8,14-15H,3-5H2,1-2H3. The van der Waals surface area contributed by atoms with Crippen molar-refractivity contribution < 1.29 is 10.2 Å². The minimum Gasteiger partial charge on any atom is -0.515 e. The summed E-state index contributed by atoms with van der Waals surface area (Å²) in [6, 6.07) is 0. The van der Waals surface area contributed by atoms with Crippen molar-refractivity contribution in [2.24, 2.45) is 0 Å². The summed E-state index contributed by atoms with van der Waals surface area (Å²) in [4.78, 5) is 3.69. The molecule has 0 radical (unpaired) electrons. The van der Waals surface area contributed by atoms with E-state index >= 15 is 0 Å². The van der Waals surface area contributed by atoms with Gasteiger partial charge in [0.2, 0.25) is 0 Å². The second kappa shape index (κ2) is 4.45. The maximum Gasteiger partial charge on any atom is 0.0831 e. The fourth-order valence-electron chi connectivity index (χ4n) is 2.35. The van der Waals surface area contributed by atoms with Crippen molar-refractivity contribution in [1.82, 2.24) is 4.90 Å². The molecule has 0 amide bonds. The lowest BCUT2D eigenvalue weighted by molar-refractivity contribution is 0.352. The van der Waals surface area contributed by atoms with Crippen LogP contribution < -0.4 is 0 Å². The van der Waals surface area contributed by atoms with Crippen molar-refractivity contribution in [3.63, 3.8) is 0 Å². The quantitative estimate of drug-likeness (QED) is 0.689. The molecule has 1 heterocycles. The van der Waals surface area contributed by atoms with Crippen LogP contribution in [0.5, 0.6) is 0 Å². The van der Waals surface area contributed by atoms with Crippen LogP contribution in [0, 0.1) is 0 Å². The van der Waals surface area contributed by atoms with E-state index in [1.165, 1.54) is 10.6 Å². The Hall–Kier alpha value is -1.03. The highest BCUT2D eigenvalue weighted by Gasteiger charge is 2.33. The van der Waals surface area contributed by atoms with E-state index in [-0.39, 0.29) is 0 Å². The van der Waals surface area contributed by atoms with Crippen molar-refractivity contribution in [1.29, 1.82) is 0 Å². The van der Waals surface area contributed by atoms with Crippen LogP contribution in [0.4, 0.5) is 0 Å². The van der Waals surface area contributed by atoms with Gasteiger partial charge in [-0.15, -0.1) is 11.8 Å². The van der Waals surface area contributed by atoms with Gasteiger partial charge < -0.3 is 15.1 Å². The molecule has 1 aliphatic carbocycles. The van der Waals surface area contributed by atoms with Crippen LogP contribution in [0.1, 0.15) is 26.7 Å². The minimum absolute atomic E-state index is 0.466. The molecule has 0 bridgehead atoms. The maximum atomic E-state index is 9.18. The summed E-state index contributed by atoms with van der Waals surface area (Å²) in [5.74, 6) is 0. The van der Waals surface area contributed by atoms with E-state index in [4.69, 9.17) is 5.11 Å². The highest BCUT2D eigenvalue weighted by atomic mass is 32.2. The Labute approximate surface area is 100 Å². The van der Waals surface area contributed by atoms with Crippen LogP contribution in [0.2, 0.25) is 0 Å². The topological polar surface area (TPSA) is 43.7 Å². The van der Waals surface area contributed by atoms with Gasteiger partial charge in [-0.05, 0) is 25.0 Å². The van der Waals surface area contributed by atoms with Gasteiger partial charge in [0, 0.05) is 30.0 Å². The molecule has 0 spiro atoms. The average Bonchev–Trinajstić information content (AvgIpc) is 2.61. The van der Waals surface area contributed by atoms with E-state index in [2.05, 4.69) is 18.7 Å². The molecular weight excluding hydrogens is 222 g/mol. The molecule has 88 valence electrons. The lowest BCUT2D eigenvalue weighted by Gasteiger charge is -2.27. The largest absolute Gasteiger partial charge is 0.515 e. The van der Waals surface area contributed by atoms with Crippen LogP contribution in [0.3, 0.4) is 0 Å². The molecule has 0 saturated carbocycles. The highest BCUT2D eigenvalue weighted by Crippen LogP contribution is 2.47. The van der Waals surface area contributed by atoms with Crippen LogP contribution in [0.25, 0.3) is 0 Å². The Balaban J connectivity index is 2.32. The lowest BCUT2D eigenvalue weighted by Crippen LogP contribution is -2.26. The number of hydrogen-bond donors (Lipinski definition) is 2. The van der Waals surface area contributed by atoms with Gasteiger partial charge in [0.05, 0.1) is 17.9 Å². The first-order chi connectivity index (χ1) is 7.71. The first kappa shape index (κ1) is 11.5. The number of hydrogen-bond acceptors (Lipinski definition) is 4. The van der Waals surface area contributed by atoms with Gasteiger partial charge in [0.25, 0.3) is 0 Å². The summed E-state index contributed by atoms with van der Waals surface area (Å²) in [5, 5.41) is 18.8. The molecule has 0 aromatic heterocycles. The van der Waals surface area contributed by atoms with Crippen molar-refractivity contribution in [3.8, 4) is 0 Å². The fourth-order valence-corrected chi connectivity index (χ4v) is 3.73. The van der Waals surface area contributed by atoms with Gasteiger partial charge in [-0.1, -0.05) is 0 Å². The smallest absolute Gasteiger partial charge is 0.0831 e. The van der Waals surface area contributed by atoms with Crippen LogP contribution >= 0.6 is 11.8 Å². The van der Waals surface area contributed by atoms with Crippen LogP contribution in [-0.4, -0.2) is 27.0 Å². The van der Waals surface area contributed by atoms with Crippen LogP contribution in [0.15, 0.2) is 34.3 Å². The molecule has 1 atom stereocenters. The first-order valence-electron chi connectivity index (χ1n) is 5.53. The van der Waals surface area contributed by atoms with E-state index in [1.54, 1.807) is 0 Å².